The third-order valence-electron chi connectivity index (χ3n) is 4.20. The van der Waals surface area contributed by atoms with Gasteiger partial charge in [-0.05, 0) is 59.2 Å². The number of hydrogen-bond donors (Lipinski definition) is 2. The summed E-state index contributed by atoms with van der Waals surface area (Å²) in [6.45, 7) is 10.4. The molecule has 11 nitrogen and oxygen atoms in total. The third kappa shape index (κ3) is 9.86. The van der Waals surface area contributed by atoms with Crippen molar-refractivity contribution in [1.29, 1.82) is 0 Å². The number of alkyl carbamates (subject to hydrolysis) is 1. The van der Waals surface area contributed by atoms with E-state index in [-0.39, 0.29) is 30.9 Å². The van der Waals surface area contributed by atoms with E-state index in [0.717, 1.165) is 10.6 Å². The van der Waals surface area contributed by atoms with E-state index in [1.165, 1.54) is 30.1 Å². The highest BCUT2D eigenvalue weighted by molar-refractivity contribution is 7.92. The minimum Gasteiger partial charge on any atom is -0.478 e. The van der Waals surface area contributed by atoms with Crippen LogP contribution in [0, 0.1) is 0 Å². The molecule has 0 heterocycles. The van der Waals surface area contributed by atoms with Crippen LogP contribution in [-0.2, 0) is 26.0 Å². The van der Waals surface area contributed by atoms with Crippen LogP contribution in [0.3, 0.4) is 0 Å². The lowest BCUT2D eigenvalue weighted by Gasteiger charge is -2.28. The number of amides is 2. The second-order valence-corrected chi connectivity index (χ2v) is 11.7. The van der Waals surface area contributed by atoms with Crippen LogP contribution in [0.2, 0.25) is 0 Å². The van der Waals surface area contributed by atoms with E-state index in [4.69, 9.17) is 9.47 Å². The first-order valence-corrected chi connectivity index (χ1v) is 12.4. The number of ether oxygens (including phenoxy) is 2. The average Bonchev–Trinajstić information content (AvgIpc) is 2.62. The predicted octanol–water partition coefficient (Wildman–Crippen LogP) is 3.04. The quantitative estimate of drug-likeness (QED) is 0.553. The molecule has 34 heavy (non-hydrogen) atoms. The molecule has 0 fully saturated rings. The number of anilines is 1. The van der Waals surface area contributed by atoms with Crippen molar-refractivity contribution < 1.29 is 37.4 Å². The first-order valence-electron chi connectivity index (χ1n) is 10.5. The van der Waals surface area contributed by atoms with Crippen LogP contribution in [0.25, 0.3) is 0 Å². The molecule has 0 spiro atoms. The molecule has 2 amide bonds. The van der Waals surface area contributed by atoms with Crippen molar-refractivity contribution in [2.75, 3.05) is 30.7 Å². The van der Waals surface area contributed by atoms with Crippen molar-refractivity contribution in [2.45, 2.75) is 59.3 Å². The molecule has 2 N–H and O–H groups in total. The maximum Gasteiger partial charge on any atom is 0.410 e. The van der Waals surface area contributed by atoms with Gasteiger partial charge in [0.15, 0.2) is 0 Å². The summed E-state index contributed by atoms with van der Waals surface area (Å²) in [6.07, 6.45) is -0.334. The van der Waals surface area contributed by atoms with Gasteiger partial charge in [0.2, 0.25) is 10.0 Å². The monoisotopic (exact) mass is 501 g/mol. The Morgan fingerprint density at radius 1 is 1.03 bits per heavy atom. The van der Waals surface area contributed by atoms with Crippen LogP contribution in [0.15, 0.2) is 18.2 Å². The molecule has 1 aromatic rings. The summed E-state index contributed by atoms with van der Waals surface area (Å²) in [5.41, 5.74) is -1.26. The van der Waals surface area contributed by atoms with Crippen LogP contribution in [-0.4, -0.2) is 74.2 Å². The van der Waals surface area contributed by atoms with Crippen molar-refractivity contribution >= 4 is 33.9 Å². The fourth-order valence-electron chi connectivity index (χ4n) is 2.69. The van der Waals surface area contributed by atoms with Gasteiger partial charge in [0.1, 0.15) is 11.2 Å². The predicted molar refractivity (Wildman–Crippen MR) is 128 cm³/mol. The largest absolute Gasteiger partial charge is 0.478 e. The number of aromatic carboxylic acids is 1. The maximum atomic E-state index is 12.7. The Bertz CT molecular complexity index is 1010. The highest BCUT2D eigenvalue weighted by Gasteiger charge is 2.25. The van der Waals surface area contributed by atoms with E-state index in [1.54, 1.807) is 41.5 Å². The van der Waals surface area contributed by atoms with E-state index in [1.807, 2.05) is 0 Å². The standard InChI is InChI=1S/C22H35N3O8S/c1-21(2,3)32-19(28)23-11-12-25(20(29)33-22(4,5)6)14-15-9-10-17(16(13-15)18(26)27)24(7)34(8,30)31/h9-10,13H,11-12,14H2,1-8H3,(H,23,28)(H,26,27). The normalized spacial score (nSPS) is 12.0. The minimum absolute atomic E-state index is 0.00541. The minimum atomic E-state index is -3.68. The van der Waals surface area contributed by atoms with Crippen molar-refractivity contribution in [3.63, 3.8) is 0 Å². The summed E-state index contributed by atoms with van der Waals surface area (Å²) in [7, 11) is -2.43. The van der Waals surface area contributed by atoms with E-state index >= 15 is 0 Å². The van der Waals surface area contributed by atoms with Gasteiger partial charge in [0.05, 0.1) is 17.5 Å². The molecular weight excluding hydrogens is 466 g/mol. The number of carboxylic acid groups (broad SMARTS) is 1. The van der Waals surface area contributed by atoms with Crippen LogP contribution < -0.4 is 9.62 Å². The zero-order valence-corrected chi connectivity index (χ0v) is 21.8. The van der Waals surface area contributed by atoms with E-state index in [9.17, 15) is 27.9 Å². The molecule has 0 bridgehead atoms. The number of benzene rings is 1. The molecule has 1 aromatic carbocycles. The molecule has 0 saturated heterocycles. The van der Waals surface area contributed by atoms with Gasteiger partial charge < -0.3 is 24.8 Å². The van der Waals surface area contributed by atoms with Gasteiger partial charge in [-0.1, -0.05) is 6.07 Å². The third-order valence-corrected chi connectivity index (χ3v) is 5.39. The number of sulfonamides is 1. The number of carbonyl (C=O) groups is 3. The van der Waals surface area contributed by atoms with Crippen LogP contribution >= 0.6 is 0 Å². The molecule has 0 radical (unpaired) electrons. The van der Waals surface area contributed by atoms with Crippen molar-refractivity contribution in [3.05, 3.63) is 29.3 Å². The van der Waals surface area contributed by atoms with Crippen LogP contribution in [0.4, 0.5) is 15.3 Å². The van der Waals surface area contributed by atoms with Gasteiger partial charge in [-0.3, -0.25) is 4.31 Å². The average molecular weight is 502 g/mol. The molecule has 0 aliphatic heterocycles. The second kappa shape index (κ2) is 10.9. The number of carbonyl (C=O) groups excluding carboxylic acids is 2. The lowest BCUT2D eigenvalue weighted by molar-refractivity contribution is 0.0224. The van der Waals surface area contributed by atoms with Crippen LogP contribution in [0.5, 0.6) is 0 Å². The van der Waals surface area contributed by atoms with E-state index in [0.29, 0.717) is 5.56 Å². The van der Waals surface area contributed by atoms with Gasteiger partial charge in [-0.15, -0.1) is 0 Å². The van der Waals surface area contributed by atoms with Gasteiger partial charge in [-0.25, -0.2) is 22.8 Å². The second-order valence-electron chi connectivity index (χ2n) is 9.72. The summed E-state index contributed by atoms with van der Waals surface area (Å²) in [5.74, 6) is -1.32. The zero-order chi connectivity index (χ0) is 26.5. The molecule has 0 saturated carbocycles. The molecule has 0 aliphatic carbocycles. The summed E-state index contributed by atoms with van der Waals surface area (Å²) in [6, 6.07) is 4.20. The molecule has 1 rings (SSSR count). The summed E-state index contributed by atoms with van der Waals surface area (Å²) in [4.78, 5) is 37.8. The van der Waals surface area contributed by atoms with E-state index < -0.39 is 39.4 Å². The fraction of sp³-hybridized carbons (Fsp3) is 0.591. The van der Waals surface area contributed by atoms with Gasteiger partial charge >= 0.3 is 18.2 Å². The highest BCUT2D eigenvalue weighted by atomic mass is 32.2. The number of nitrogens with one attached hydrogen (secondary N) is 1. The number of carboxylic acids is 1. The lowest BCUT2D eigenvalue weighted by atomic mass is 10.1. The van der Waals surface area contributed by atoms with Crippen LogP contribution in [0.1, 0.15) is 57.5 Å². The van der Waals surface area contributed by atoms with Gasteiger partial charge in [0.25, 0.3) is 0 Å². The molecule has 0 unspecified atom stereocenters. The summed E-state index contributed by atoms with van der Waals surface area (Å²) in [5, 5.41) is 12.2. The Morgan fingerprint density at radius 2 is 1.59 bits per heavy atom. The van der Waals surface area contributed by atoms with Crippen molar-refractivity contribution in [1.82, 2.24) is 10.2 Å². The Morgan fingerprint density at radius 3 is 2.06 bits per heavy atom. The maximum absolute atomic E-state index is 12.7. The van der Waals surface area contributed by atoms with Crippen molar-refractivity contribution in [2.24, 2.45) is 0 Å². The first kappa shape index (κ1) is 29.0. The SMILES string of the molecule is CN(c1ccc(CN(CCNC(=O)OC(C)(C)C)C(=O)OC(C)(C)C)cc1C(=O)O)S(C)(=O)=O. The van der Waals surface area contributed by atoms with Gasteiger partial charge in [0, 0.05) is 26.7 Å². The Kier molecular flexibility index (Phi) is 9.33. The first-order chi connectivity index (χ1) is 15.3. The number of rotatable bonds is 8. The highest BCUT2D eigenvalue weighted by Crippen LogP contribution is 2.24. The van der Waals surface area contributed by atoms with Gasteiger partial charge in [-0.2, -0.15) is 0 Å². The molecule has 192 valence electrons. The summed E-state index contributed by atoms with van der Waals surface area (Å²) >= 11 is 0. The molecule has 12 heteroatoms. The topological polar surface area (TPSA) is 143 Å². The summed E-state index contributed by atoms with van der Waals surface area (Å²) < 4.78 is 35.2. The Balaban J connectivity index is 3.14. The Labute approximate surface area is 201 Å². The van der Waals surface area contributed by atoms with E-state index in [2.05, 4.69) is 5.32 Å². The molecule has 0 aromatic heterocycles. The zero-order valence-electron chi connectivity index (χ0n) is 21.0. The lowest BCUT2D eigenvalue weighted by Crippen LogP contribution is -2.42. The number of hydrogen-bond acceptors (Lipinski definition) is 7. The molecule has 0 atom stereocenters. The Hall–Kier alpha value is -3.02. The molecular formula is C22H35N3O8S. The van der Waals surface area contributed by atoms with Crippen molar-refractivity contribution in [3.8, 4) is 0 Å². The fourth-order valence-corrected chi connectivity index (χ4v) is 3.21. The molecule has 0 aliphatic rings. The smallest absolute Gasteiger partial charge is 0.410 e. The number of nitrogens with zero attached hydrogens (tertiary/aromatic N) is 2.